The minimum absolute atomic E-state index is 0.0547. The summed E-state index contributed by atoms with van der Waals surface area (Å²) < 4.78 is 83.4. The summed E-state index contributed by atoms with van der Waals surface area (Å²) in [6.07, 6.45) is -5.75. The maximum absolute atomic E-state index is 13.6. The number of aromatic nitrogens is 7. The van der Waals surface area contributed by atoms with Crippen LogP contribution in [0.4, 0.5) is 38.1 Å². The maximum Gasteiger partial charge on any atom is 0.416 e. The second-order valence-corrected chi connectivity index (χ2v) is 10.6. The smallest absolute Gasteiger partial charge is 0.354 e. The van der Waals surface area contributed by atoms with Gasteiger partial charge in [-0.15, -0.1) is 5.10 Å². The average Bonchev–Trinajstić information content (AvgIpc) is 3.65. The van der Waals surface area contributed by atoms with Gasteiger partial charge >= 0.3 is 12.4 Å². The molecule has 0 unspecified atom stereocenters. The van der Waals surface area contributed by atoms with Gasteiger partial charge < -0.3 is 9.80 Å². The van der Waals surface area contributed by atoms with Crippen LogP contribution < -0.4 is 9.80 Å². The normalized spacial score (nSPS) is 14.7. The van der Waals surface area contributed by atoms with Crippen LogP contribution in [0.2, 0.25) is 0 Å². The lowest BCUT2D eigenvalue weighted by molar-refractivity contribution is -0.143. The molecule has 3 heterocycles. The summed E-state index contributed by atoms with van der Waals surface area (Å²) in [6.45, 7) is 4.27. The number of benzene rings is 1. The van der Waals surface area contributed by atoms with Crippen LogP contribution in [0.1, 0.15) is 60.6 Å². The maximum atomic E-state index is 13.6. The van der Waals surface area contributed by atoms with Gasteiger partial charge in [0, 0.05) is 43.7 Å². The van der Waals surface area contributed by atoms with Crippen molar-refractivity contribution < 1.29 is 26.3 Å². The fourth-order valence-electron chi connectivity index (χ4n) is 5.67. The summed E-state index contributed by atoms with van der Waals surface area (Å²) in [5, 5.41) is 17.4. The van der Waals surface area contributed by atoms with Gasteiger partial charge in [-0.3, -0.25) is 4.68 Å². The summed E-state index contributed by atoms with van der Waals surface area (Å²) in [5.74, 6) is 0.746. The van der Waals surface area contributed by atoms with Crippen LogP contribution in [0.5, 0.6) is 0 Å². The van der Waals surface area contributed by atoms with Crippen molar-refractivity contribution in [2.45, 2.75) is 71.0 Å². The molecule has 1 aliphatic rings. The van der Waals surface area contributed by atoms with Crippen LogP contribution in [0.15, 0.2) is 24.3 Å². The largest absolute Gasteiger partial charge is 0.416 e. The molecule has 1 aliphatic carbocycles. The van der Waals surface area contributed by atoms with Gasteiger partial charge in [-0.1, -0.05) is 17.9 Å². The number of hydrogen-bond donors (Lipinski definition) is 0. The number of tetrazole rings is 1. The lowest BCUT2D eigenvalue weighted by atomic mass is 10.0. The minimum atomic E-state index is -4.96. The van der Waals surface area contributed by atoms with E-state index in [2.05, 4.69) is 25.4 Å². The molecule has 5 rings (SSSR count). The van der Waals surface area contributed by atoms with E-state index in [1.54, 1.807) is 11.7 Å². The Morgan fingerprint density at radius 1 is 0.905 bits per heavy atom. The third kappa shape index (κ3) is 6.00. The Labute approximate surface area is 238 Å². The number of rotatable bonds is 8. The van der Waals surface area contributed by atoms with Crippen molar-refractivity contribution in [1.29, 1.82) is 0 Å². The molecular formula is C27H31F6N9. The monoisotopic (exact) mass is 595 g/mol. The molecular weight excluding hydrogens is 564 g/mol. The van der Waals surface area contributed by atoms with E-state index >= 15 is 0 Å². The molecule has 1 fully saturated rings. The molecule has 0 saturated heterocycles. The first kappa shape index (κ1) is 29.6. The summed E-state index contributed by atoms with van der Waals surface area (Å²) in [7, 11) is 3.33. The molecule has 0 aliphatic heterocycles. The number of halogens is 6. The number of pyridine rings is 1. The molecule has 4 aromatic rings. The zero-order valence-corrected chi connectivity index (χ0v) is 23.6. The van der Waals surface area contributed by atoms with Crippen molar-refractivity contribution >= 4 is 22.8 Å². The SMILES string of the molecule is CCN(c1nc2c(cc1CN(Cc1cc(C(F)(F)F)cc(C(F)(F)F)c1)c1nnn(C)n1)c(C)nn2C)C1CCCC1. The lowest BCUT2D eigenvalue weighted by Gasteiger charge is -2.32. The van der Waals surface area contributed by atoms with E-state index in [9.17, 15) is 26.3 Å². The minimum Gasteiger partial charge on any atom is -0.354 e. The molecule has 0 N–H and O–H groups in total. The number of alkyl halides is 6. The molecule has 0 amide bonds. The molecule has 15 heteroatoms. The van der Waals surface area contributed by atoms with Crippen molar-refractivity contribution in [3.05, 3.63) is 52.2 Å². The summed E-state index contributed by atoms with van der Waals surface area (Å²) >= 11 is 0. The van der Waals surface area contributed by atoms with E-state index in [4.69, 9.17) is 4.98 Å². The average molecular weight is 596 g/mol. The fraction of sp³-hybridized carbons (Fsp3) is 0.519. The molecule has 9 nitrogen and oxygen atoms in total. The molecule has 0 radical (unpaired) electrons. The van der Waals surface area contributed by atoms with E-state index < -0.39 is 23.5 Å². The van der Waals surface area contributed by atoms with E-state index in [1.165, 1.54) is 16.7 Å². The number of hydrogen-bond acceptors (Lipinski definition) is 7. The van der Waals surface area contributed by atoms with Crippen LogP contribution in [-0.2, 0) is 39.5 Å². The van der Waals surface area contributed by atoms with E-state index in [1.807, 2.05) is 19.9 Å². The zero-order valence-electron chi connectivity index (χ0n) is 23.6. The summed E-state index contributed by atoms with van der Waals surface area (Å²) in [5.41, 5.74) is -0.808. The van der Waals surface area contributed by atoms with Crippen LogP contribution >= 0.6 is 0 Å². The highest BCUT2D eigenvalue weighted by Gasteiger charge is 2.37. The fourth-order valence-corrected chi connectivity index (χ4v) is 5.67. The van der Waals surface area contributed by atoms with E-state index in [0.29, 0.717) is 18.0 Å². The van der Waals surface area contributed by atoms with Gasteiger partial charge in [0.2, 0.25) is 0 Å². The molecule has 42 heavy (non-hydrogen) atoms. The molecule has 1 saturated carbocycles. The zero-order chi connectivity index (χ0) is 30.4. The number of anilines is 2. The summed E-state index contributed by atoms with van der Waals surface area (Å²) in [4.78, 5) is 9.92. The van der Waals surface area contributed by atoms with Crippen molar-refractivity contribution in [3.63, 3.8) is 0 Å². The van der Waals surface area contributed by atoms with Crippen molar-refractivity contribution in [2.24, 2.45) is 14.1 Å². The van der Waals surface area contributed by atoms with Crippen molar-refractivity contribution in [2.75, 3.05) is 16.3 Å². The number of aryl methyl sites for hydroxylation is 3. The Morgan fingerprint density at radius 3 is 2.10 bits per heavy atom. The van der Waals surface area contributed by atoms with Crippen molar-refractivity contribution in [3.8, 4) is 0 Å². The Hall–Kier alpha value is -3.91. The first-order valence-electron chi connectivity index (χ1n) is 13.6. The summed E-state index contributed by atoms with van der Waals surface area (Å²) in [6, 6.07) is 3.77. The lowest BCUT2D eigenvalue weighted by Crippen LogP contribution is -2.35. The topological polar surface area (TPSA) is 80.8 Å². The number of nitrogens with zero attached hydrogens (tertiary/aromatic N) is 9. The van der Waals surface area contributed by atoms with E-state index in [-0.39, 0.29) is 36.7 Å². The van der Waals surface area contributed by atoms with Crippen LogP contribution in [0.3, 0.4) is 0 Å². The van der Waals surface area contributed by atoms with Crippen LogP contribution in [-0.4, -0.2) is 47.6 Å². The van der Waals surface area contributed by atoms with Gasteiger partial charge in [-0.05, 0) is 61.7 Å². The van der Waals surface area contributed by atoms with Gasteiger partial charge in [0.05, 0.1) is 23.9 Å². The van der Waals surface area contributed by atoms with Gasteiger partial charge in [0.1, 0.15) is 5.82 Å². The van der Waals surface area contributed by atoms with Crippen molar-refractivity contribution in [1.82, 2.24) is 35.0 Å². The van der Waals surface area contributed by atoms with Gasteiger partial charge in [-0.2, -0.15) is 36.2 Å². The quantitative estimate of drug-likeness (QED) is 0.238. The second kappa shape index (κ2) is 11.1. The Balaban J connectivity index is 1.62. The number of fused-ring (bicyclic) bond motifs is 1. The first-order valence-corrected chi connectivity index (χ1v) is 13.6. The molecule has 1 aromatic carbocycles. The Morgan fingerprint density at radius 2 is 1.55 bits per heavy atom. The standard InChI is InChI=1S/C27H31F6N9/c1-5-42(21-8-6-7-9-21)23-18(12-22-16(2)36-39(3)24(22)34-23)15-41(25-35-38-40(4)37-25)14-17-10-19(26(28,29)30)13-20(11-17)27(31,32)33/h10-13,21H,5-9,14-15H2,1-4H3. The molecule has 3 aromatic heterocycles. The highest BCUT2D eigenvalue weighted by atomic mass is 19.4. The molecule has 226 valence electrons. The van der Waals surface area contributed by atoms with Gasteiger partial charge in [0.15, 0.2) is 5.65 Å². The molecule has 0 atom stereocenters. The third-order valence-corrected chi connectivity index (χ3v) is 7.60. The van der Waals surface area contributed by atoms with Gasteiger partial charge in [-0.25, -0.2) is 4.98 Å². The predicted octanol–water partition coefficient (Wildman–Crippen LogP) is 5.81. The third-order valence-electron chi connectivity index (χ3n) is 7.60. The highest BCUT2D eigenvalue weighted by molar-refractivity contribution is 5.82. The first-order chi connectivity index (χ1) is 19.7. The second-order valence-electron chi connectivity index (χ2n) is 10.6. The van der Waals surface area contributed by atoms with E-state index in [0.717, 1.165) is 54.5 Å². The molecule has 0 spiro atoms. The highest BCUT2D eigenvalue weighted by Crippen LogP contribution is 2.37. The van der Waals surface area contributed by atoms with Crippen LogP contribution in [0.25, 0.3) is 11.0 Å². The Kier molecular flexibility index (Phi) is 7.79. The molecule has 0 bridgehead atoms. The van der Waals surface area contributed by atoms with Crippen LogP contribution in [0, 0.1) is 6.92 Å². The predicted molar refractivity (Wildman–Crippen MR) is 144 cm³/mol. The Bertz CT molecular complexity index is 1530. The van der Waals surface area contributed by atoms with Gasteiger partial charge in [0.25, 0.3) is 5.95 Å².